The summed E-state index contributed by atoms with van der Waals surface area (Å²) in [5.74, 6) is 0.447. The van der Waals surface area contributed by atoms with Crippen LogP contribution >= 0.6 is 11.6 Å². The highest BCUT2D eigenvalue weighted by Gasteiger charge is 2.29. The molecule has 0 bridgehead atoms. The predicted molar refractivity (Wildman–Crippen MR) is 106 cm³/mol. The molecule has 0 aromatic heterocycles. The van der Waals surface area contributed by atoms with Gasteiger partial charge >= 0.3 is 0 Å². The monoisotopic (exact) mass is 412 g/mol. The van der Waals surface area contributed by atoms with Crippen molar-refractivity contribution in [2.45, 2.75) is 13.0 Å². The number of halogens is 1. The summed E-state index contributed by atoms with van der Waals surface area (Å²) in [7, 11) is -0.734. The van der Waals surface area contributed by atoms with Crippen molar-refractivity contribution in [2.24, 2.45) is 0 Å². The van der Waals surface area contributed by atoms with E-state index in [0.29, 0.717) is 27.9 Å². The molecule has 0 radical (unpaired) electrons. The number of methoxy groups -OCH3 is 2. The zero-order valence-electron chi connectivity index (χ0n) is 15.4. The molecule has 27 heavy (non-hydrogen) atoms. The van der Waals surface area contributed by atoms with E-state index in [4.69, 9.17) is 21.1 Å². The van der Waals surface area contributed by atoms with E-state index in [2.05, 4.69) is 5.32 Å². The van der Waals surface area contributed by atoms with Gasteiger partial charge in [-0.25, -0.2) is 8.42 Å². The van der Waals surface area contributed by atoms with Gasteiger partial charge in [0.15, 0.2) is 0 Å². The fourth-order valence-corrected chi connectivity index (χ4v) is 3.84. The zero-order chi connectivity index (χ0) is 20.2. The molecule has 0 unspecified atom stereocenters. The summed E-state index contributed by atoms with van der Waals surface area (Å²) in [5, 5.41) is 3.16. The lowest BCUT2D eigenvalue weighted by atomic mass is 10.2. The molecule has 1 atom stereocenters. The predicted octanol–water partition coefficient (Wildman–Crippen LogP) is 3.15. The van der Waals surface area contributed by atoms with Crippen LogP contribution in [-0.4, -0.2) is 40.8 Å². The number of nitrogens with one attached hydrogen (secondary N) is 1. The highest BCUT2D eigenvalue weighted by molar-refractivity contribution is 7.92. The van der Waals surface area contributed by atoms with Crippen molar-refractivity contribution < 1.29 is 22.7 Å². The lowest BCUT2D eigenvalue weighted by Gasteiger charge is -2.28. The maximum absolute atomic E-state index is 12.7. The number of rotatable bonds is 7. The molecule has 0 aliphatic heterocycles. The fourth-order valence-electron chi connectivity index (χ4n) is 2.54. The molecule has 9 heteroatoms. The Balaban J connectivity index is 2.32. The van der Waals surface area contributed by atoms with Gasteiger partial charge in [0.2, 0.25) is 15.9 Å². The van der Waals surface area contributed by atoms with Crippen LogP contribution < -0.4 is 19.1 Å². The first-order chi connectivity index (χ1) is 12.7. The van der Waals surface area contributed by atoms with Gasteiger partial charge in [-0.15, -0.1) is 0 Å². The molecule has 2 aromatic carbocycles. The number of hydrogen-bond acceptors (Lipinski definition) is 5. The van der Waals surface area contributed by atoms with Crippen molar-refractivity contribution in [3.8, 4) is 11.5 Å². The van der Waals surface area contributed by atoms with Crippen LogP contribution in [0.2, 0.25) is 5.02 Å². The van der Waals surface area contributed by atoms with Crippen molar-refractivity contribution in [3.05, 3.63) is 47.5 Å². The maximum Gasteiger partial charge on any atom is 0.248 e. The minimum atomic E-state index is -3.72. The Labute approximate surface area is 163 Å². The molecule has 1 amide bonds. The van der Waals surface area contributed by atoms with Crippen molar-refractivity contribution in [1.29, 1.82) is 0 Å². The quantitative estimate of drug-likeness (QED) is 0.755. The smallest absolute Gasteiger partial charge is 0.248 e. The van der Waals surface area contributed by atoms with Crippen LogP contribution in [0.25, 0.3) is 0 Å². The van der Waals surface area contributed by atoms with Crippen molar-refractivity contribution >= 4 is 38.9 Å². The van der Waals surface area contributed by atoms with E-state index < -0.39 is 22.0 Å². The van der Waals surface area contributed by atoms with Crippen LogP contribution in [-0.2, 0) is 14.8 Å². The van der Waals surface area contributed by atoms with E-state index in [-0.39, 0.29) is 0 Å². The molecule has 1 N–H and O–H groups in total. The molecule has 0 saturated heterocycles. The van der Waals surface area contributed by atoms with Gasteiger partial charge in [-0.2, -0.15) is 0 Å². The second-order valence-electron chi connectivity index (χ2n) is 5.77. The van der Waals surface area contributed by atoms with Gasteiger partial charge in [-0.1, -0.05) is 11.6 Å². The number of amides is 1. The van der Waals surface area contributed by atoms with Gasteiger partial charge < -0.3 is 14.8 Å². The molecule has 0 aliphatic rings. The van der Waals surface area contributed by atoms with Crippen LogP contribution in [0.3, 0.4) is 0 Å². The van der Waals surface area contributed by atoms with E-state index in [1.807, 2.05) is 0 Å². The molecule has 0 fully saturated rings. The summed E-state index contributed by atoms with van der Waals surface area (Å²) in [6, 6.07) is 10.1. The largest absolute Gasteiger partial charge is 0.497 e. The van der Waals surface area contributed by atoms with Crippen molar-refractivity contribution in [2.75, 3.05) is 30.1 Å². The molecule has 2 aromatic rings. The zero-order valence-corrected chi connectivity index (χ0v) is 17.0. The average molecular weight is 413 g/mol. The minimum Gasteiger partial charge on any atom is -0.497 e. The Morgan fingerprint density at radius 1 is 1.11 bits per heavy atom. The Kier molecular flexibility index (Phi) is 6.56. The number of ether oxygens (including phenoxy) is 2. The van der Waals surface area contributed by atoms with Crippen LogP contribution in [0.5, 0.6) is 11.5 Å². The Morgan fingerprint density at radius 3 is 2.26 bits per heavy atom. The van der Waals surface area contributed by atoms with E-state index in [1.165, 1.54) is 21.1 Å². The van der Waals surface area contributed by atoms with Crippen LogP contribution in [0, 0.1) is 0 Å². The summed E-state index contributed by atoms with van der Waals surface area (Å²) in [5.41, 5.74) is 0.742. The van der Waals surface area contributed by atoms with E-state index >= 15 is 0 Å². The molecule has 0 aliphatic carbocycles. The summed E-state index contributed by atoms with van der Waals surface area (Å²) in [6.07, 6.45) is 1.04. The maximum atomic E-state index is 12.7. The minimum absolute atomic E-state index is 0.339. The number of sulfonamides is 1. The number of carbonyl (C=O) groups is 1. The van der Waals surface area contributed by atoms with Gasteiger partial charge in [-0.3, -0.25) is 9.10 Å². The lowest BCUT2D eigenvalue weighted by molar-refractivity contribution is -0.116. The van der Waals surface area contributed by atoms with Gasteiger partial charge in [0.25, 0.3) is 0 Å². The Bertz CT molecular complexity index is 916. The first kappa shape index (κ1) is 20.9. The second-order valence-corrected chi connectivity index (χ2v) is 8.06. The number of carbonyl (C=O) groups excluding carboxylic acids is 1. The topological polar surface area (TPSA) is 84.9 Å². The van der Waals surface area contributed by atoms with E-state index in [9.17, 15) is 13.2 Å². The molecule has 0 heterocycles. The summed E-state index contributed by atoms with van der Waals surface area (Å²) in [6.45, 7) is 1.50. The van der Waals surface area contributed by atoms with Gasteiger partial charge in [0, 0.05) is 11.1 Å². The SMILES string of the molecule is COc1ccc(NC(=O)[C@H](C)N(c2ccc(Cl)cc2)S(C)(=O)=O)c(OC)c1. The summed E-state index contributed by atoms with van der Waals surface area (Å²) < 4.78 is 36.0. The van der Waals surface area contributed by atoms with Gasteiger partial charge in [0.05, 0.1) is 31.9 Å². The normalized spacial score (nSPS) is 12.2. The number of nitrogens with zero attached hydrogens (tertiary/aromatic N) is 1. The molecular formula is C18H21ClN2O5S. The Morgan fingerprint density at radius 2 is 1.74 bits per heavy atom. The van der Waals surface area contributed by atoms with Crippen LogP contribution in [0.1, 0.15) is 6.92 Å². The summed E-state index contributed by atoms with van der Waals surface area (Å²) in [4.78, 5) is 12.7. The fraction of sp³-hybridized carbons (Fsp3) is 0.278. The standard InChI is InChI=1S/C18H21ClN2O5S/c1-12(21(27(4,23)24)14-7-5-13(19)6-8-14)18(22)20-16-10-9-15(25-2)11-17(16)26-3/h5-12H,1-4H3,(H,20,22)/t12-/m0/s1. The second kappa shape index (κ2) is 8.49. The molecule has 146 valence electrons. The number of hydrogen-bond donors (Lipinski definition) is 1. The van der Waals surface area contributed by atoms with Crippen LogP contribution in [0.15, 0.2) is 42.5 Å². The third-order valence-corrected chi connectivity index (χ3v) is 5.33. The van der Waals surface area contributed by atoms with Gasteiger partial charge in [0.1, 0.15) is 17.5 Å². The van der Waals surface area contributed by atoms with Gasteiger partial charge in [-0.05, 0) is 43.3 Å². The number of benzene rings is 2. The van der Waals surface area contributed by atoms with E-state index in [1.54, 1.807) is 42.5 Å². The average Bonchev–Trinajstić information content (AvgIpc) is 2.62. The van der Waals surface area contributed by atoms with Crippen LogP contribution in [0.4, 0.5) is 11.4 Å². The lowest BCUT2D eigenvalue weighted by Crippen LogP contribution is -2.45. The third-order valence-electron chi connectivity index (χ3n) is 3.84. The molecule has 0 saturated carbocycles. The molecule has 2 rings (SSSR count). The van der Waals surface area contributed by atoms with Crippen molar-refractivity contribution in [1.82, 2.24) is 0 Å². The first-order valence-electron chi connectivity index (χ1n) is 7.95. The highest BCUT2D eigenvalue weighted by Crippen LogP contribution is 2.30. The molecular weight excluding hydrogens is 392 g/mol. The van der Waals surface area contributed by atoms with E-state index in [0.717, 1.165) is 10.6 Å². The molecule has 0 spiro atoms. The highest BCUT2D eigenvalue weighted by atomic mass is 35.5. The number of anilines is 2. The summed E-state index contributed by atoms with van der Waals surface area (Å²) >= 11 is 5.87. The van der Waals surface area contributed by atoms with Crippen molar-refractivity contribution in [3.63, 3.8) is 0 Å². The first-order valence-corrected chi connectivity index (χ1v) is 10.2. The third kappa shape index (κ3) is 5.05. The Hall–Kier alpha value is -2.45. The molecule has 7 nitrogen and oxygen atoms in total.